The van der Waals surface area contributed by atoms with Crippen molar-refractivity contribution in [3.8, 4) is 33.6 Å². The Balaban J connectivity index is 1.34. The summed E-state index contributed by atoms with van der Waals surface area (Å²) in [5.74, 6) is 0. The fraction of sp³-hybridized carbons (Fsp3) is 0. The molecular weight excluding hydrogens is 629 g/mol. The van der Waals surface area contributed by atoms with Crippen LogP contribution >= 0.6 is 0 Å². The second kappa shape index (κ2) is 11.3. The third-order valence-electron chi connectivity index (χ3n) is 10.9. The third-order valence-corrected chi connectivity index (χ3v) is 10.9. The molecule has 0 unspecified atom stereocenters. The van der Waals surface area contributed by atoms with Gasteiger partial charge in [0.05, 0.1) is 22.1 Å². The van der Waals surface area contributed by atoms with E-state index in [9.17, 15) is 0 Å². The van der Waals surface area contributed by atoms with E-state index in [4.69, 9.17) is 0 Å². The molecule has 11 aromatic rings. The lowest BCUT2D eigenvalue weighted by atomic mass is 9.97. The van der Waals surface area contributed by atoms with E-state index < -0.39 is 0 Å². The van der Waals surface area contributed by atoms with Gasteiger partial charge >= 0.3 is 0 Å². The van der Waals surface area contributed by atoms with Gasteiger partial charge in [0.2, 0.25) is 0 Å². The Morgan fingerprint density at radius 3 is 1.62 bits per heavy atom. The SMILES string of the molecule is c1ccc(-c2ccc(-n3c4ccc5ccccc5c4c4c5ccccc5c5c(c6ccccc6n5-c5cccc(-c6ccccc6)c5)c43)cc2)cc1. The topological polar surface area (TPSA) is 9.86 Å². The van der Waals surface area contributed by atoms with Crippen LogP contribution in [0.1, 0.15) is 0 Å². The second-order valence-corrected chi connectivity index (χ2v) is 13.7. The molecule has 0 spiro atoms. The average molecular weight is 661 g/mol. The minimum Gasteiger partial charge on any atom is -0.309 e. The number of benzene rings is 9. The summed E-state index contributed by atoms with van der Waals surface area (Å²) in [6, 6.07) is 70.8. The van der Waals surface area contributed by atoms with E-state index in [2.05, 4.69) is 203 Å². The zero-order valence-electron chi connectivity index (χ0n) is 28.4. The lowest BCUT2D eigenvalue weighted by Gasteiger charge is -2.14. The van der Waals surface area contributed by atoms with Gasteiger partial charge in [0, 0.05) is 38.3 Å². The molecule has 0 radical (unpaired) electrons. The molecule has 0 amide bonds. The van der Waals surface area contributed by atoms with Crippen molar-refractivity contribution >= 4 is 65.2 Å². The molecule has 0 saturated heterocycles. The van der Waals surface area contributed by atoms with Crippen LogP contribution in [0.2, 0.25) is 0 Å². The van der Waals surface area contributed by atoms with Crippen molar-refractivity contribution in [2.75, 3.05) is 0 Å². The summed E-state index contributed by atoms with van der Waals surface area (Å²) < 4.78 is 5.02. The van der Waals surface area contributed by atoms with Crippen LogP contribution < -0.4 is 0 Å². The number of rotatable bonds is 4. The van der Waals surface area contributed by atoms with E-state index in [0.29, 0.717) is 0 Å². The highest BCUT2D eigenvalue weighted by Gasteiger charge is 2.25. The van der Waals surface area contributed by atoms with E-state index in [1.165, 1.54) is 87.4 Å². The lowest BCUT2D eigenvalue weighted by molar-refractivity contribution is 1.18. The van der Waals surface area contributed by atoms with Crippen LogP contribution in [0.3, 0.4) is 0 Å². The molecule has 2 aromatic heterocycles. The first-order valence-corrected chi connectivity index (χ1v) is 17.9. The van der Waals surface area contributed by atoms with E-state index in [0.717, 1.165) is 11.4 Å². The van der Waals surface area contributed by atoms with Gasteiger partial charge in [0.25, 0.3) is 0 Å². The maximum Gasteiger partial charge on any atom is 0.0648 e. The van der Waals surface area contributed by atoms with Crippen LogP contribution in [-0.2, 0) is 0 Å². The number of fused-ring (bicyclic) bond motifs is 12. The third kappa shape index (κ3) is 4.19. The van der Waals surface area contributed by atoms with Gasteiger partial charge in [-0.25, -0.2) is 0 Å². The minimum atomic E-state index is 1.15. The smallest absolute Gasteiger partial charge is 0.0648 e. The number of hydrogen-bond donors (Lipinski definition) is 0. The molecule has 9 aromatic carbocycles. The van der Waals surface area contributed by atoms with Gasteiger partial charge < -0.3 is 9.13 Å². The molecule has 0 bridgehead atoms. The molecule has 0 aliphatic rings. The highest BCUT2D eigenvalue weighted by Crippen LogP contribution is 2.48. The van der Waals surface area contributed by atoms with E-state index >= 15 is 0 Å². The summed E-state index contributed by atoms with van der Waals surface area (Å²) in [4.78, 5) is 0. The van der Waals surface area contributed by atoms with Gasteiger partial charge in [-0.1, -0.05) is 158 Å². The Hall–Kier alpha value is -6.90. The molecule has 0 saturated carbocycles. The molecule has 2 heteroatoms. The van der Waals surface area contributed by atoms with Gasteiger partial charge in [0.15, 0.2) is 0 Å². The quantitative estimate of drug-likeness (QED) is 0.178. The predicted octanol–water partition coefficient (Wildman–Crippen LogP) is 13.5. The summed E-state index contributed by atoms with van der Waals surface area (Å²) in [5, 5.41) is 10.1. The molecule has 0 N–H and O–H groups in total. The van der Waals surface area contributed by atoms with Crippen molar-refractivity contribution in [1.82, 2.24) is 9.13 Å². The summed E-state index contributed by atoms with van der Waals surface area (Å²) in [6.45, 7) is 0. The maximum absolute atomic E-state index is 2.53. The standard InChI is InChI=1S/C50H32N2/c1-3-14-33(15-4-1)35-26-29-38(30-27-35)51-45-31-28-36-18-7-8-21-40(36)46(45)47-41-22-9-10-23-42(41)49-48(50(47)51)43-24-11-12-25-44(43)52(49)39-20-13-19-37(32-39)34-16-5-2-6-17-34/h1-32H. The van der Waals surface area contributed by atoms with Crippen LogP contribution in [0.4, 0.5) is 0 Å². The lowest BCUT2D eigenvalue weighted by Crippen LogP contribution is -1.97. The number of para-hydroxylation sites is 1. The van der Waals surface area contributed by atoms with Crippen molar-refractivity contribution in [2.45, 2.75) is 0 Å². The highest BCUT2D eigenvalue weighted by molar-refractivity contribution is 6.39. The van der Waals surface area contributed by atoms with Gasteiger partial charge in [0.1, 0.15) is 0 Å². The second-order valence-electron chi connectivity index (χ2n) is 13.7. The number of hydrogen-bond acceptors (Lipinski definition) is 0. The Labute approximate surface area is 301 Å². The Kier molecular flexibility index (Phi) is 6.28. The van der Waals surface area contributed by atoms with Crippen LogP contribution in [0.15, 0.2) is 194 Å². The van der Waals surface area contributed by atoms with Crippen molar-refractivity contribution in [3.63, 3.8) is 0 Å². The number of aromatic nitrogens is 2. The predicted molar refractivity (Wildman–Crippen MR) is 221 cm³/mol. The van der Waals surface area contributed by atoms with Crippen molar-refractivity contribution in [1.29, 1.82) is 0 Å². The van der Waals surface area contributed by atoms with Gasteiger partial charge in [-0.2, -0.15) is 0 Å². The van der Waals surface area contributed by atoms with Crippen LogP contribution in [0, 0.1) is 0 Å². The largest absolute Gasteiger partial charge is 0.309 e. The zero-order chi connectivity index (χ0) is 34.2. The highest BCUT2D eigenvalue weighted by atomic mass is 15.0. The zero-order valence-corrected chi connectivity index (χ0v) is 28.4. The fourth-order valence-corrected chi connectivity index (χ4v) is 8.63. The average Bonchev–Trinajstić information content (AvgIpc) is 3.76. The summed E-state index contributed by atoms with van der Waals surface area (Å²) >= 11 is 0. The Morgan fingerprint density at radius 1 is 0.269 bits per heavy atom. The van der Waals surface area contributed by atoms with Crippen LogP contribution in [0.25, 0.3) is 98.8 Å². The molecule has 0 atom stereocenters. The summed E-state index contributed by atoms with van der Waals surface area (Å²) in [6.07, 6.45) is 0. The van der Waals surface area contributed by atoms with Gasteiger partial charge in [-0.3, -0.25) is 0 Å². The monoisotopic (exact) mass is 660 g/mol. The fourth-order valence-electron chi connectivity index (χ4n) is 8.63. The van der Waals surface area contributed by atoms with Crippen molar-refractivity contribution < 1.29 is 0 Å². The van der Waals surface area contributed by atoms with E-state index in [1.54, 1.807) is 0 Å². The molecule has 0 aliphatic heterocycles. The normalized spacial score (nSPS) is 11.8. The molecule has 0 fully saturated rings. The molecule has 2 nitrogen and oxygen atoms in total. The van der Waals surface area contributed by atoms with Gasteiger partial charge in [-0.15, -0.1) is 0 Å². The van der Waals surface area contributed by atoms with Gasteiger partial charge in [-0.05, 0) is 74.8 Å². The Bertz CT molecular complexity index is 3150. The Morgan fingerprint density at radius 2 is 0.846 bits per heavy atom. The van der Waals surface area contributed by atoms with E-state index in [-0.39, 0.29) is 0 Å². The summed E-state index contributed by atoms with van der Waals surface area (Å²) in [5.41, 5.74) is 12.0. The van der Waals surface area contributed by atoms with Crippen LogP contribution in [0.5, 0.6) is 0 Å². The molecule has 11 rings (SSSR count). The minimum absolute atomic E-state index is 1.15. The first-order chi connectivity index (χ1) is 25.8. The van der Waals surface area contributed by atoms with E-state index in [1.807, 2.05) is 0 Å². The molecular formula is C50H32N2. The first-order valence-electron chi connectivity index (χ1n) is 17.9. The van der Waals surface area contributed by atoms with Crippen molar-refractivity contribution in [2.24, 2.45) is 0 Å². The molecule has 2 heterocycles. The van der Waals surface area contributed by atoms with Crippen LogP contribution in [-0.4, -0.2) is 9.13 Å². The molecule has 52 heavy (non-hydrogen) atoms. The number of nitrogens with zero attached hydrogens (tertiary/aromatic N) is 2. The first kappa shape index (κ1) is 28.9. The maximum atomic E-state index is 2.53. The summed E-state index contributed by atoms with van der Waals surface area (Å²) in [7, 11) is 0. The molecule has 0 aliphatic carbocycles. The van der Waals surface area contributed by atoms with Crippen molar-refractivity contribution in [3.05, 3.63) is 194 Å². The molecule has 242 valence electrons.